The van der Waals surface area contributed by atoms with Gasteiger partial charge in [0.25, 0.3) is 0 Å². The normalized spacial score (nSPS) is 14.6. The molecule has 2 aromatic rings. The van der Waals surface area contributed by atoms with Crippen molar-refractivity contribution in [3.63, 3.8) is 0 Å². The molecular weight excluding hydrogens is 230 g/mol. The lowest BCUT2D eigenvalue weighted by Crippen LogP contribution is -2.07. The molecule has 0 fully saturated rings. The van der Waals surface area contributed by atoms with Gasteiger partial charge in [-0.3, -0.25) is 4.98 Å². The molecule has 0 aliphatic heterocycles. The van der Waals surface area contributed by atoms with Gasteiger partial charge in [-0.1, -0.05) is 0 Å². The van der Waals surface area contributed by atoms with E-state index in [4.69, 9.17) is 12.2 Å². The largest absolute Gasteiger partial charge is 0.337 e. The molecule has 0 aromatic carbocycles. The lowest BCUT2D eigenvalue weighted by Gasteiger charge is -2.18. The fraction of sp³-hybridized carbons (Fsp3) is 0.385. The van der Waals surface area contributed by atoms with Crippen LogP contribution in [0.25, 0.3) is 0 Å². The molecule has 0 unspecified atom stereocenters. The summed E-state index contributed by atoms with van der Waals surface area (Å²) in [7, 11) is 0. The van der Waals surface area contributed by atoms with Gasteiger partial charge in [0.2, 0.25) is 0 Å². The molecule has 0 bridgehead atoms. The summed E-state index contributed by atoms with van der Waals surface area (Å²) in [6.45, 7) is 0. The van der Waals surface area contributed by atoms with Gasteiger partial charge in [0, 0.05) is 30.7 Å². The van der Waals surface area contributed by atoms with Crippen LogP contribution in [-0.4, -0.2) is 15.0 Å². The zero-order valence-corrected chi connectivity index (χ0v) is 10.4. The first kappa shape index (κ1) is 10.7. The molecule has 2 aromatic heterocycles. The van der Waals surface area contributed by atoms with E-state index < -0.39 is 0 Å². The van der Waals surface area contributed by atoms with Gasteiger partial charge in [-0.05, 0) is 54.6 Å². The predicted octanol–water partition coefficient (Wildman–Crippen LogP) is 2.94. The number of H-pyrrole nitrogens is 2. The molecular formula is C13H15N3S. The highest BCUT2D eigenvalue weighted by Crippen LogP contribution is 2.24. The van der Waals surface area contributed by atoms with Gasteiger partial charge < -0.3 is 9.97 Å². The maximum atomic E-state index is 5.04. The maximum Gasteiger partial charge on any atom is 0.174 e. The van der Waals surface area contributed by atoms with E-state index in [9.17, 15) is 0 Å². The van der Waals surface area contributed by atoms with E-state index in [0.29, 0.717) is 4.77 Å². The Kier molecular flexibility index (Phi) is 2.81. The van der Waals surface area contributed by atoms with Crippen molar-refractivity contribution in [3.8, 4) is 0 Å². The molecule has 0 amide bonds. The number of aromatic nitrogens is 3. The van der Waals surface area contributed by atoms with Crippen molar-refractivity contribution < 1.29 is 0 Å². The first-order chi connectivity index (χ1) is 8.33. The summed E-state index contributed by atoms with van der Waals surface area (Å²) in [5, 5.41) is 0. The van der Waals surface area contributed by atoms with Gasteiger partial charge in [0.05, 0.1) is 0 Å². The molecule has 0 spiro atoms. The van der Waals surface area contributed by atoms with Crippen molar-refractivity contribution in [1.82, 2.24) is 15.0 Å². The summed E-state index contributed by atoms with van der Waals surface area (Å²) in [4.78, 5) is 10.5. The third kappa shape index (κ3) is 2.17. The summed E-state index contributed by atoms with van der Waals surface area (Å²) in [6.07, 6.45) is 11.8. The highest BCUT2D eigenvalue weighted by Gasteiger charge is 2.13. The van der Waals surface area contributed by atoms with Crippen LogP contribution in [-0.2, 0) is 19.3 Å². The van der Waals surface area contributed by atoms with Gasteiger partial charge in [-0.25, -0.2) is 0 Å². The van der Waals surface area contributed by atoms with Crippen LogP contribution in [0.3, 0.4) is 0 Å². The second kappa shape index (κ2) is 4.45. The Morgan fingerprint density at radius 1 is 1.24 bits per heavy atom. The van der Waals surface area contributed by atoms with E-state index in [1.54, 1.807) is 0 Å². The summed E-state index contributed by atoms with van der Waals surface area (Å²) in [5.74, 6) is 0. The van der Waals surface area contributed by atoms with Crippen molar-refractivity contribution in [2.24, 2.45) is 0 Å². The highest BCUT2D eigenvalue weighted by atomic mass is 32.1. The molecule has 3 nitrogen and oxygen atoms in total. The second-order valence-electron chi connectivity index (χ2n) is 4.59. The molecule has 3 rings (SSSR count). The van der Waals surface area contributed by atoms with E-state index in [0.717, 1.165) is 12.1 Å². The van der Waals surface area contributed by atoms with E-state index in [1.807, 2.05) is 18.6 Å². The van der Waals surface area contributed by atoms with Gasteiger partial charge in [0.15, 0.2) is 4.77 Å². The SMILES string of the molecule is S=c1[nH]cc(Cc2cncc3c2CCCC3)[nH]1. The molecule has 88 valence electrons. The molecule has 17 heavy (non-hydrogen) atoms. The van der Waals surface area contributed by atoms with Gasteiger partial charge in [-0.2, -0.15) is 0 Å². The number of aryl methyl sites for hydroxylation is 1. The zero-order valence-electron chi connectivity index (χ0n) is 9.62. The topological polar surface area (TPSA) is 44.5 Å². The molecule has 0 radical (unpaired) electrons. The first-order valence-electron chi connectivity index (χ1n) is 6.04. The third-order valence-electron chi connectivity index (χ3n) is 3.39. The highest BCUT2D eigenvalue weighted by molar-refractivity contribution is 7.71. The number of rotatable bonds is 2. The summed E-state index contributed by atoms with van der Waals surface area (Å²) in [5.41, 5.74) is 5.41. The van der Waals surface area contributed by atoms with Gasteiger partial charge in [-0.15, -0.1) is 0 Å². The quantitative estimate of drug-likeness (QED) is 0.799. The summed E-state index contributed by atoms with van der Waals surface area (Å²) >= 11 is 5.04. The molecule has 0 atom stereocenters. The van der Waals surface area contributed by atoms with E-state index in [1.165, 1.54) is 42.4 Å². The summed E-state index contributed by atoms with van der Waals surface area (Å²) in [6, 6.07) is 0. The minimum atomic E-state index is 0.692. The van der Waals surface area contributed by atoms with Crippen molar-refractivity contribution >= 4 is 12.2 Å². The summed E-state index contributed by atoms with van der Waals surface area (Å²) < 4.78 is 0.692. The second-order valence-corrected chi connectivity index (χ2v) is 5.00. The Morgan fingerprint density at radius 3 is 2.94 bits per heavy atom. The lowest BCUT2D eigenvalue weighted by atomic mass is 9.89. The van der Waals surface area contributed by atoms with E-state index in [2.05, 4.69) is 15.0 Å². The Balaban J connectivity index is 1.95. The Labute approximate surface area is 105 Å². The average Bonchev–Trinajstić information content (AvgIpc) is 2.75. The third-order valence-corrected chi connectivity index (χ3v) is 3.61. The van der Waals surface area contributed by atoms with Crippen LogP contribution in [0.2, 0.25) is 0 Å². The van der Waals surface area contributed by atoms with Crippen LogP contribution in [0.1, 0.15) is 35.2 Å². The Bertz CT molecular complexity index is 582. The van der Waals surface area contributed by atoms with Crippen molar-refractivity contribution in [3.05, 3.63) is 45.7 Å². The standard InChI is InChI=1S/C13H15N3S/c17-13-15-8-11(16-13)5-10-7-14-6-9-3-1-2-4-12(9)10/h6-8H,1-5H2,(H2,15,16,17). The zero-order chi connectivity index (χ0) is 11.7. The smallest absolute Gasteiger partial charge is 0.174 e. The first-order valence-corrected chi connectivity index (χ1v) is 6.45. The van der Waals surface area contributed by atoms with Crippen LogP contribution in [0.4, 0.5) is 0 Å². The van der Waals surface area contributed by atoms with Crippen molar-refractivity contribution in [2.45, 2.75) is 32.1 Å². The molecule has 0 saturated carbocycles. The van der Waals surface area contributed by atoms with Crippen LogP contribution in [0.15, 0.2) is 18.6 Å². The molecule has 1 aliphatic rings. The van der Waals surface area contributed by atoms with Crippen LogP contribution >= 0.6 is 12.2 Å². The minimum absolute atomic E-state index is 0.692. The number of hydrogen-bond acceptors (Lipinski definition) is 2. The Hall–Kier alpha value is -1.42. The monoisotopic (exact) mass is 245 g/mol. The number of nitrogens with zero attached hydrogens (tertiary/aromatic N) is 1. The average molecular weight is 245 g/mol. The number of fused-ring (bicyclic) bond motifs is 1. The molecule has 2 N–H and O–H groups in total. The number of hydrogen-bond donors (Lipinski definition) is 2. The number of imidazole rings is 1. The number of nitrogens with one attached hydrogen (secondary N) is 2. The number of aromatic amines is 2. The van der Waals surface area contributed by atoms with Crippen LogP contribution in [0, 0.1) is 4.77 Å². The molecule has 4 heteroatoms. The molecule has 0 saturated heterocycles. The van der Waals surface area contributed by atoms with E-state index in [-0.39, 0.29) is 0 Å². The van der Waals surface area contributed by atoms with Gasteiger partial charge in [0.1, 0.15) is 0 Å². The number of pyridine rings is 1. The van der Waals surface area contributed by atoms with Crippen LogP contribution in [0.5, 0.6) is 0 Å². The lowest BCUT2D eigenvalue weighted by molar-refractivity contribution is 0.675. The van der Waals surface area contributed by atoms with E-state index >= 15 is 0 Å². The van der Waals surface area contributed by atoms with Crippen molar-refractivity contribution in [1.29, 1.82) is 0 Å². The maximum absolute atomic E-state index is 5.04. The molecule has 2 heterocycles. The fourth-order valence-electron chi connectivity index (χ4n) is 2.56. The fourth-order valence-corrected chi connectivity index (χ4v) is 2.75. The Morgan fingerprint density at radius 2 is 2.12 bits per heavy atom. The molecule has 1 aliphatic carbocycles. The van der Waals surface area contributed by atoms with Gasteiger partial charge >= 0.3 is 0 Å². The van der Waals surface area contributed by atoms with Crippen molar-refractivity contribution in [2.75, 3.05) is 0 Å². The predicted molar refractivity (Wildman–Crippen MR) is 69.7 cm³/mol. The minimum Gasteiger partial charge on any atom is -0.337 e. The van der Waals surface area contributed by atoms with Crippen LogP contribution < -0.4 is 0 Å².